The Morgan fingerprint density at radius 2 is 1.41 bits per heavy atom. The minimum Gasteiger partial charge on any atom is -0.316 e. The van der Waals surface area contributed by atoms with Gasteiger partial charge in [-0.3, -0.25) is 0 Å². The van der Waals surface area contributed by atoms with Crippen molar-refractivity contribution in [2.24, 2.45) is 5.92 Å². The van der Waals surface area contributed by atoms with E-state index < -0.39 is 0 Å². The van der Waals surface area contributed by atoms with Gasteiger partial charge in [-0.1, -0.05) is 38.5 Å². The molecule has 0 fully saturated rings. The second-order valence-electron chi connectivity index (χ2n) is 5.66. The first-order valence-corrected chi connectivity index (χ1v) is 6.63. The van der Waals surface area contributed by atoms with E-state index in [1.54, 1.807) is 0 Å². The molecule has 0 saturated heterocycles. The van der Waals surface area contributed by atoms with Gasteiger partial charge < -0.3 is 5.32 Å². The van der Waals surface area contributed by atoms with E-state index in [1.165, 1.54) is 22.3 Å². The second kappa shape index (κ2) is 5.68. The van der Waals surface area contributed by atoms with Crippen LogP contribution in [0.15, 0.2) is 12.1 Å². The number of likely N-dealkylation sites (N-methyl/N-ethyl adjacent to an activating group) is 1. The molecule has 1 aromatic rings. The molecule has 0 aliphatic carbocycles. The zero-order valence-corrected chi connectivity index (χ0v) is 12.4. The highest BCUT2D eigenvalue weighted by atomic mass is 14.9. The lowest BCUT2D eigenvalue weighted by molar-refractivity contribution is 0.375. The zero-order chi connectivity index (χ0) is 13.2. The van der Waals surface area contributed by atoms with Gasteiger partial charge in [0, 0.05) is 6.04 Å². The van der Waals surface area contributed by atoms with E-state index in [1.807, 2.05) is 0 Å². The molecule has 1 heteroatoms. The zero-order valence-electron chi connectivity index (χ0n) is 12.4. The maximum absolute atomic E-state index is 3.47. The van der Waals surface area contributed by atoms with Crippen LogP contribution in [-0.4, -0.2) is 13.1 Å². The number of hydrogen-bond donors (Lipinski definition) is 1. The third-order valence-corrected chi connectivity index (χ3v) is 3.78. The number of hydrogen-bond acceptors (Lipinski definition) is 1. The van der Waals surface area contributed by atoms with Crippen LogP contribution in [0.2, 0.25) is 0 Å². The van der Waals surface area contributed by atoms with Crippen LogP contribution in [0.25, 0.3) is 0 Å². The van der Waals surface area contributed by atoms with E-state index in [0.717, 1.165) is 0 Å². The Balaban J connectivity index is 3.15. The quantitative estimate of drug-likeness (QED) is 0.830. The first kappa shape index (κ1) is 14.2. The van der Waals surface area contributed by atoms with Crippen molar-refractivity contribution in [3.8, 4) is 0 Å². The molecule has 1 nitrogen and oxygen atoms in total. The molecule has 0 bridgehead atoms. The van der Waals surface area contributed by atoms with Crippen molar-refractivity contribution in [1.29, 1.82) is 0 Å². The fraction of sp³-hybridized carbons (Fsp3) is 0.625. The summed E-state index contributed by atoms with van der Waals surface area (Å²) in [7, 11) is 2.07. The third kappa shape index (κ3) is 3.10. The predicted octanol–water partition coefficient (Wildman–Crippen LogP) is 3.96. The Labute approximate surface area is 107 Å². The molecule has 0 amide bonds. The maximum Gasteiger partial charge on any atom is 0.0153 e. The molecule has 0 radical (unpaired) electrons. The fourth-order valence-electron chi connectivity index (χ4n) is 3.25. The third-order valence-electron chi connectivity index (χ3n) is 3.78. The van der Waals surface area contributed by atoms with Crippen molar-refractivity contribution in [2.45, 2.75) is 53.5 Å². The number of aryl methyl sites for hydroxylation is 3. The van der Waals surface area contributed by atoms with Gasteiger partial charge in [0.1, 0.15) is 0 Å². The summed E-state index contributed by atoms with van der Waals surface area (Å²) in [5, 5.41) is 3.47. The van der Waals surface area contributed by atoms with E-state index in [4.69, 9.17) is 0 Å². The van der Waals surface area contributed by atoms with E-state index in [0.29, 0.717) is 17.9 Å². The Kier molecular flexibility index (Phi) is 4.76. The van der Waals surface area contributed by atoms with Crippen molar-refractivity contribution in [3.63, 3.8) is 0 Å². The van der Waals surface area contributed by atoms with Crippen LogP contribution in [0.1, 0.15) is 48.9 Å². The highest BCUT2D eigenvalue weighted by Crippen LogP contribution is 2.29. The van der Waals surface area contributed by atoms with Crippen LogP contribution >= 0.6 is 0 Å². The lowest BCUT2D eigenvalue weighted by atomic mass is 9.82. The minimum atomic E-state index is 0.537. The van der Waals surface area contributed by atoms with Gasteiger partial charge in [-0.25, -0.2) is 0 Å². The highest BCUT2D eigenvalue weighted by molar-refractivity contribution is 5.40. The largest absolute Gasteiger partial charge is 0.316 e. The Hall–Kier alpha value is -0.820. The summed E-state index contributed by atoms with van der Waals surface area (Å²) in [5.41, 5.74) is 5.73. The summed E-state index contributed by atoms with van der Waals surface area (Å²) in [4.78, 5) is 0. The molecule has 1 aromatic carbocycles. The molecule has 0 heterocycles. The van der Waals surface area contributed by atoms with Crippen LogP contribution in [0.3, 0.4) is 0 Å². The van der Waals surface area contributed by atoms with Crippen molar-refractivity contribution in [2.75, 3.05) is 7.05 Å². The summed E-state index contributed by atoms with van der Waals surface area (Å²) in [5.74, 6) is 1.20. The van der Waals surface area contributed by atoms with Crippen molar-refractivity contribution >= 4 is 0 Å². The van der Waals surface area contributed by atoms with Gasteiger partial charge in [0.25, 0.3) is 0 Å². The van der Waals surface area contributed by atoms with E-state index >= 15 is 0 Å². The van der Waals surface area contributed by atoms with Crippen molar-refractivity contribution in [1.82, 2.24) is 5.32 Å². The standard InChI is InChI=1S/C16H27N/c1-10(2)16(17-7)14(6)15-12(4)8-11(3)9-13(15)5/h8-10,14,16-17H,1-7H3. The summed E-state index contributed by atoms with van der Waals surface area (Å²) >= 11 is 0. The van der Waals surface area contributed by atoms with Gasteiger partial charge in [0.2, 0.25) is 0 Å². The Bertz CT molecular complexity index is 356. The minimum absolute atomic E-state index is 0.537. The van der Waals surface area contributed by atoms with Crippen LogP contribution < -0.4 is 5.32 Å². The van der Waals surface area contributed by atoms with Gasteiger partial charge in [-0.15, -0.1) is 0 Å². The summed E-state index contributed by atoms with van der Waals surface area (Å²) in [6, 6.07) is 5.13. The fourth-order valence-corrected chi connectivity index (χ4v) is 3.25. The first-order valence-electron chi connectivity index (χ1n) is 6.63. The van der Waals surface area contributed by atoms with E-state index in [9.17, 15) is 0 Å². The van der Waals surface area contributed by atoms with Crippen LogP contribution in [-0.2, 0) is 0 Å². The van der Waals surface area contributed by atoms with E-state index in [2.05, 4.69) is 66.0 Å². The molecule has 1 rings (SSSR count). The molecule has 0 saturated carbocycles. The SMILES string of the molecule is CNC(C(C)C)C(C)c1c(C)cc(C)cc1C. The number of benzene rings is 1. The molecule has 0 spiro atoms. The van der Waals surface area contributed by atoms with Crippen LogP contribution in [0.4, 0.5) is 0 Å². The first-order chi connectivity index (χ1) is 7.88. The number of nitrogens with one attached hydrogen (secondary N) is 1. The van der Waals surface area contributed by atoms with Crippen molar-refractivity contribution in [3.05, 3.63) is 34.4 Å². The second-order valence-corrected chi connectivity index (χ2v) is 5.66. The molecule has 17 heavy (non-hydrogen) atoms. The molecule has 2 unspecified atom stereocenters. The topological polar surface area (TPSA) is 12.0 Å². The lowest BCUT2D eigenvalue weighted by Crippen LogP contribution is -2.36. The molecular weight excluding hydrogens is 206 g/mol. The molecule has 0 aliphatic heterocycles. The predicted molar refractivity (Wildman–Crippen MR) is 76.8 cm³/mol. The summed E-state index contributed by atoms with van der Waals surface area (Å²) in [6.07, 6.45) is 0. The monoisotopic (exact) mass is 233 g/mol. The Morgan fingerprint density at radius 3 is 1.76 bits per heavy atom. The lowest BCUT2D eigenvalue weighted by Gasteiger charge is -2.30. The molecule has 96 valence electrons. The highest BCUT2D eigenvalue weighted by Gasteiger charge is 2.23. The average molecular weight is 233 g/mol. The smallest absolute Gasteiger partial charge is 0.0153 e. The van der Waals surface area contributed by atoms with Crippen LogP contribution in [0.5, 0.6) is 0 Å². The van der Waals surface area contributed by atoms with Crippen molar-refractivity contribution < 1.29 is 0 Å². The average Bonchev–Trinajstić information content (AvgIpc) is 2.15. The maximum atomic E-state index is 3.47. The number of rotatable bonds is 4. The van der Waals surface area contributed by atoms with Crippen LogP contribution in [0, 0.1) is 26.7 Å². The summed E-state index contributed by atoms with van der Waals surface area (Å²) in [6.45, 7) is 13.6. The van der Waals surface area contributed by atoms with Gasteiger partial charge >= 0.3 is 0 Å². The summed E-state index contributed by atoms with van der Waals surface area (Å²) < 4.78 is 0. The van der Waals surface area contributed by atoms with Gasteiger partial charge in [-0.05, 0) is 56.3 Å². The molecular formula is C16H27N. The van der Waals surface area contributed by atoms with Gasteiger partial charge in [-0.2, -0.15) is 0 Å². The molecule has 2 atom stereocenters. The molecule has 1 N–H and O–H groups in total. The Morgan fingerprint density at radius 1 is 0.941 bits per heavy atom. The molecule has 0 aliphatic rings. The normalized spacial score (nSPS) is 15.1. The van der Waals surface area contributed by atoms with Gasteiger partial charge in [0.05, 0.1) is 0 Å². The van der Waals surface area contributed by atoms with Gasteiger partial charge in [0.15, 0.2) is 0 Å². The molecule has 0 aromatic heterocycles. The van der Waals surface area contributed by atoms with E-state index in [-0.39, 0.29) is 0 Å².